The number of ether oxygens (including phenoxy) is 2. The first-order valence-electron chi connectivity index (χ1n) is 10.4. The molecule has 6 nitrogen and oxygen atoms in total. The predicted octanol–water partition coefficient (Wildman–Crippen LogP) is 3.99. The average Bonchev–Trinajstić information content (AvgIpc) is 3.21. The highest BCUT2D eigenvalue weighted by Gasteiger charge is 2.42. The van der Waals surface area contributed by atoms with Crippen molar-refractivity contribution >= 4 is 23.4 Å². The average molecular weight is 445 g/mol. The van der Waals surface area contributed by atoms with Crippen molar-refractivity contribution in [3.8, 4) is 11.5 Å². The largest absolute Gasteiger partial charge is 0.497 e. The Bertz CT molecular complexity index is 947. The van der Waals surface area contributed by atoms with Crippen molar-refractivity contribution in [1.82, 2.24) is 10.2 Å². The molecule has 3 rings (SSSR count). The Morgan fingerprint density at radius 2 is 1.90 bits per heavy atom. The second-order valence-corrected chi connectivity index (χ2v) is 8.62. The smallest absolute Gasteiger partial charge is 0.253 e. The molecule has 1 saturated heterocycles. The van der Waals surface area contributed by atoms with Gasteiger partial charge in [-0.25, -0.2) is 0 Å². The minimum Gasteiger partial charge on any atom is -0.497 e. The summed E-state index contributed by atoms with van der Waals surface area (Å²) < 4.78 is 11.0. The van der Waals surface area contributed by atoms with Crippen molar-refractivity contribution < 1.29 is 19.1 Å². The van der Waals surface area contributed by atoms with E-state index in [4.69, 9.17) is 21.1 Å². The monoisotopic (exact) mass is 444 g/mol. The molecule has 2 aromatic rings. The van der Waals surface area contributed by atoms with Gasteiger partial charge in [0.1, 0.15) is 11.5 Å². The quantitative estimate of drug-likeness (QED) is 0.701. The number of likely N-dealkylation sites (tertiary alicyclic amines) is 1. The molecule has 2 atom stereocenters. The number of amides is 2. The van der Waals surface area contributed by atoms with Gasteiger partial charge in [0.05, 0.1) is 20.1 Å². The van der Waals surface area contributed by atoms with E-state index in [0.29, 0.717) is 47.6 Å². The Labute approximate surface area is 188 Å². The van der Waals surface area contributed by atoms with Crippen LogP contribution in [0.2, 0.25) is 5.02 Å². The number of carbonyl (C=O) groups excluding carboxylic acids is 2. The van der Waals surface area contributed by atoms with Crippen molar-refractivity contribution in [2.75, 3.05) is 33.9 Å². The van der Waals surface area contributed by atoms with E-state index in [1.165, 1.54) is 0 Å². The van der Waals surface area contributed by atoms with Crippen LogP contribution in [-0.2, 0) is 4.79 Å². The maximum atomic E-state index is 13.2. The number of methoxy groups -OCH3 is 2. The highest BCUT2D eigenvalue weighted by molar-refractivity contribution is 6.30. The van der Waals surface area contributed by atoms with Gasteiger partial charge in [-0.15, -0.1) is 0 Å². The Balaban J connectivity index is 1.94. The normalized spacial score (nSPS) is 18.2. The molecular weight excluding hydrogens is 416 g/mol. The maximum Gasteiger partial charge on any atom is 0.253 e. The molecule has 2 aromatic carbocycles. The van der Waals surface area contributed by atoms with Gasteiger partial charge < -0.3 is 19.7 Å². The van der Waals surface area contributed by atoms with Crippen LogP contribution in [0.4, 0.5) is 0 Å². The zero-order valence-electron chi connectivity index (χ0n) is 18.4. The molecule has 31 heavy (non-hydrogen) atoms. The van der Waals surface area contributed by atoms with E-state index in [1.54, 1.807) is 43.4 Å². The minimum atomic E-state index is -0.400. The number of carbonyl (C=O) groups is 2. The summed E-state index contributed by atoms with van der Waals surface area (Å²) in [5, 5.41) is 3.53. The number of halogens is 1. The van der Waals surface area contributed by atoms with Gasteiger partial charge in [0.25, 0.3) is 5.91 Å². The summed E-state index contributed by atoms with van der Waals surface area (Å²) in [6.45, 7) is 5.40. The molecule has 0 saturated carbocycles. The number of rotatable bonds is 7. The van der Waals surface area contributed by atoms with Gasteiger partial charge in [0.15, 0.2) is 0 Å². The van der Waals surface area contributed by atoms with Gasteiger partial charge >= 0.3 is 0 Å². The standard InChI is InChI=1S/C24H29ClN2O4/c1-15(2)12-26-23(28)21-14-27(24(29)16-6-5-7-17(25)10-16)13-20(21)19-11-18(30-3)8-9-22(19)31-4/h5-11,15,20-21H,12-14H2,1-4H3,(H,26,28)/t20-,21-/m0/s1. The molecular formula is C24H29ClN2O4. The van der Waals surface area contributed by atoms with Crippen LogP contribution in [0.15, 0.2) is 42.5 Å². The lowest BCUT2D eigenvalue weighted by Crippen LogP contribution is -2.37. The molecule has 7 heteroatoms. The van der Waals surface area contributed by atoms with E-state index in [9.17, 15) is 9.59 Å². The van der Waals surface area contributed by atoms with Crippen molar-refractivity contribution in [2.45, 2.75) is 19.8 Å². The molecule has 0 radical (unpaired) electrons. The van der Waals surface area contributed by atoms with Crippen LogP contribution in [0, 0.1) is 11.8 Å². The zero-order valence-corrected chi connectivity index (χ0v) is 19.1. The summed E-state index contributed by atoms with van der Waals surface area (Å²) >= 11 is 6.08. The fourth-order valence-corrected chi connectivity index (χ4v) is 4.11. The molecule has 0 bridgehead atoms. The predicted molar refractivity (Wildman–Crippen MR) is 121 cm³/mol. The van der Waals surface area contributed by atoms with Gasteiger partial charge in [0, 0.05) is 41.7 Å². The van der Waals surface area contributed by atoms with Crippen molar-refractivity contribution in [1.29, 1.82) is 0 Å². The van der Waals surface area contributed by atoms with Crippen LogP contribution >= 0.6 is 11.6 Å². The number of hydrogen-bond donors (Lipinski definition) is 1. The van der Waals surface area contributed by atoms with Gasteiger partial charge in [-0.1, -0.05) is 31.5 Å². The van der Waals surface area contributed by atoms with Gasteiger partial charge in [-0.2, -0.15) is 0 Å². The molecule has 1 N–H and O–H groups in total. The van der Waals surface area contributed by atoms with Crippen LogP contribution in [0.25, 0.3) is 0 Å². The van der Waals surface area contributed by atoms with E-state index >= 15 is 0 Å². The summed E-state index contributed by atoms with van der Waals surface area (Å²) in [7, 11) is 3.20. The highest BCUT2D eigenvalue weighted by Crippen LogP contribution is 2.40. The second-order valence-electron chi connectivity index (χ2n) is 8.18. The van der Waals surface area contributed by atoms with Gasteiger partial charge in [0.2, 0.25) is 5.91 Å². The van der Waals surface area contributed by atoms with Gasteiger partial charge in [-0.3, -0.25) is 9.59 Å². The van der Waals surface area contributed by atoms with Crippen LogP contribution in [0.5, 0.6) is 11.5 Å². The van der Waals surface area contributed by atoms with Crippen molar-refractivity contribution in [3.63, 3.8) is 0 Å². The summed E-state index contributed by atoms with van der Waals surface area (Å²) in [4.78, 5) is 28.0. The summed E-state index contributed by atoms with van der Waals surface area (Å²) in [6, 6.07) is 12.4. The Morgan fingerprint density at radius 3 is 2.55 bits per heavy atom. The SMILES string of the molecule is COc1ccc(OC)c([C@@H]2CN(C(=O)c3cccc(Cl)c3)C[C@@H]2C(=O)NCC(C)C)c1. The molecule has 1 heterocycles. The fourth-order valence-electron chi connectivity index (χ4n) is 3.92. The summed E-state index contributed by atoms with van der Waals surface area (Å²) in [5.41, 5.74) is 1.36. The Kier molecular flexibility index (Phi) is 7.44. The fraction of sp³-hybridized carbons (Fsp3) is 0.417. The highest BCUT2D eigenvalue weighted by atomic mass is 35.5. The molecule has 1 aliphatic heterocycles. The molecule has 0 aliphatic carbocycles. The topological polar surface area (TPSA) is 67.9 Å². The number of benzene rings is 2. The molecule has 0 aromatic heterocycles. The lowest BCUT2D eigenvalue weighted by molar-refractivity contribution is -0.125. The van der Waals surface area contributed by atoms with Crippen LogP contribution in [0.3, 0.4) is 0 Å². The summed E-state index contributed by atoms with van der Waals surface area (Å²) in [6.07, 6.45) is 0. The lowest BCUT2D eigenvalue weighted by atomic mass is 9.87. The Morgan fingerprint density at radius 1 is 1.13 bits per heavy atom. The number of hydrogen-bond acceptors (Lipinski definition) is 4. The molecule has 1 aliphatic rings. The van der Waals surface area contributed by atoms with E-state index in [2.05, 4.69) is 5.32 Å². The van der Waals surface area contributed by atoms with Crippen molar-refractivity contribution in [3.05, 3.63) is 58.6 Å². The van der Waals surface area contributed by atoms with Crippen molar-refractivity contribution in [2.24, 2.45) is 11.8 Å². The minimum absolute atomic E-state index is 0.0648. The molecule has 0 unspecified atom stereocenters. The third kappa shape index (κ3) is 5.31. The molecule has 2 amide bonds. The second kappa shape index (κ2) is 10.1. The lowest BCUT2D eigenvalue weighted by Gasteiger charge is -2.21. The van der Waals surface area contributed by atoms with Crippen LogP contribution < -0.4 is 14.8 Å². The number of nitrogens with zero attached hydrogens (tertiary/aromatic N) is 1. The van der Waals surface area contributed by atoms with E-state index < -0.39 is 5.92 Å². The third-order valence-corrected chi connectivity index (χ3v) is 5.77. The summed E-state index contributed by atoms with van der Waals surface area (Å²) in [5.74, 6) is 0.849. The van der Waals surface area contributed by atoms with E-state index in [1.807, 2.05) is 32.0 Å². The number of nitrogens with one attached hydrogen (secondary N) is 1. The molecule has 1 fully saturated rings. The first-order chi connectivity index (χ1) is 14.8. The van der Waals surface area contributed by atoms with Crippen LogP contribution in [0.1, 0.15) is 35.7 Å². The first kappa shape index (κ1) is 22.9. The van der Waals surface area contributed by atoms with E-state index in [-0.39, 0.29) is 17.7 Å². The third-order valence-electron chi connectivity index (χ3n) is 5.54. The zero-order chi connectivity index (χ0) is 22.5. The first-order valence-corrected chi connectivity index (χ1v) is 10.8. The maximum absolute atomic E-state index is 13.2. The molecule has 166 valence electrons. The van der Waals surface area contributed by atoms with Crippen LogP contribution in [-0.4, -0.2) is 50.6 Å². The van der Waals surface area contributed by atoms with Gasteiger partial charge in [-0.05, 0) is 42.3 Å². The molecule has 0 spiro atoms. The van der Waals surface area contributed by atoms with E-state index in [0.717, 1.165) is 5.56 Å². The Hall–Kier alpha value is -2.73.